The fourth-order valence-electron chi connectivity index (χ4n) is 2.27. The van der Waals surface area contributed by atoms with Gasteiger partial charge in [0.25, 0.3) is 0 Å². The zero-order valence-corrected chi connectivity index (χ0v) is 12.4. The number of hydrogen-bond acceptors (Lipinski definition) is 3. The molecule has 0 saturated heterocycles. The van der Waals surface area contributed by atoms with Crippen LogP contribution in [0.15, 0.2) is 42.5 Å². The van der Waals surface area contributed by atoms with Gasteiger partial charge in [-0.1, -0.05) is 23.8 Å². The number of phenolic OH excluding ortho intramolecular Hbond substituents is 1. The number of aryl methyl sites for hydroxylation is 1. The van der Waals surface area contributed by atoms with Crippen LogP contribution in [0.5, 0.6) is 11.5 Å². The average molecular weight is 271 g/mol. The second-order valence-corrected chi connectivity index (χ2v) is 5.05. The molecule has 0 radical (unpaired) electrons. The van der Waals surface area contributed by atoms with Crippen LogP contribution < -0.4 is 9.64 Å². The topological polar surface area (TPSA) is 32.7 Å². The summed E-state index contributed by atoms with van der Waals surface area (Å²) < 4.78 is 5.26. The maximum Gasteiger partial charge on any atom is 0.120 e. The van der Waals surface area contributed by atoms with Crippen LogP contribution in [-0.2, 0) is 0 Å². The molecule has 2 aromatic carbocycles. The number of hydrogen-bond donors (Lipinski definition) is 1. The highest BCUT2D eigenvalue weighted by molar-refractivity contribution is 5.53. The molecule has 1 N–H and O–H groups in total. The molecule has 3 heteroatoms. The molecule has 0 aromatic heterocycles. The van der Waals surface area contributed by atoms with Crippen molar-refractivity contribution in [3.8, 4) is 11.5 Å². The van der Waals surface area contributed by atoms with E-state index >= 15 is 0 Å². The lowest BCUT2D eigenvalue weighted by molar-refractivity contribution is 0.414. The Hall–Kier alpha value is -2.16. The molecular formula is C17H21NO2. The minimum absolute atomic E-state index is 0.0713. The normalized spacial score (nSPS) is 12.0. The Bertz CT molecular complexity index is 595. The van der Waals surface area contributed by atoms with Gasteiger partial charge in [0, 0.05) is 24.4 Å². The fourth-order valence-corrected chi connectivity index (χ4v) is 2.27. The fraction of sp³-hybridized carbons (Fsp3) is 0.294. The Balaban J connectivity index is 2.31. The van der Waals surface area contributed by atoms with Crippen molar-refractivity contribution in [2.45, 2.75) is 19.9 Å². The molecule has 0 aliphatic carbocycles. The number of ether oxygens (including phenoxy) is 1. The standard InChI is InChI=1S/C17H21NO2/c1-12-8-9-17(19)16(10-12)13(2)18(3)14-6-5-7-15(11-14)20-4/h5-11,13,19H,1-4H3. The van der Waals surface area contributed by atoms with Gasteiger partial charge in [0.15, 0.2) is 0 Å². The van der Waals surface area contributed by atoms with E-state index in [1.54, 1.807) is 13.2 Å². The third-order valence-corrected chi connectivity index (χ3v) is 3.67. The molecular weight excluding hydrogens is 250 g/mol. The van der Waals surface area contributed by atoms with Crippen molar-refractivity contribution in [2.24, 2.45) is 0 Å². The van der Waals surface area contributed by atoms with E-state index in [1.807, 2.05) is 50.4 Å². The average Bonchev–Trinajstić information content (AvgIpc) is 2.48. The maximum atomic E-state index is 10.1. The Morgan fingerprint density at radius 3 is 2.60 bits per heavy atom. The van der Waals surface area contributed by atoms with Crippen LogP contribution in [0.4, 0.5) is 5.69 Å². The minimum Gasteiger partial charge on any atom is -0.508 e. The summed E-state index contributed by atoms with van der Waals surface area (Å²) in [6.45, 7) is 4.11. The van der Waals surface area contributed by atoms with Crippen LogP contribution in [-0.4, -0.2) is 19.3 Å². The highest BCUT2D eigenvalue weighted by Crippen LogP contribution is 2.32. The van der Waals surface area contributed by atoms with Gasteiger partial charge in [-0.05, 0) is 32.0 Å². The van der Waals surface area contributed by atoms with Crippen molar-refractivity contribution in [2.75, 3.05) is 19.1 Å². The summed E-state index contributed by atoms with van der Waals surface area (Å²) in [7, 11) is 3.68. The van der Waals surface area contributed by atoms with Gasteiger partial charge >= 0.3 is 0 Å². The number of anilines is 1. The summed E-state index contributed by atoms with van der Waals surface area (Å²) >= 11 is 0. The third-order valence-electron chi connectivity index (χ3n) is 3.67. The largest absolute Gasteiger partial charge is 0.508 e. The molecule has 0 bridgehead atoms. The van der Waals surface area contributed by atoms with Gasteiger partial charge in [0.1, 0.15) is 11.5 Å². The van der Waals surface area contributed by atoms with Crippen molar-refractivity contribution < 1.29 is 9.84 Å². The first-order valence-electron chi connectivity index (χ1n) is 6.69. The molecule has 0 saturated carbocycles. The molecule has 0 spiro atoms. The second kappa shape index (κ2) is 5.87. The summed E-state index contributed by atoms with van der Waals surface area (Å²) in [4.78, 5) is 2.12. The molecule has 2 rings (SSSR count). The number of rotatable bonds is 4. The van der Waals surface area contributed by atoms with E-state index in [0.29, 0.717) is 5.75 Å². The van der Waals surface area contributed by atoms with Crippen molar-refractivity contribution in [3.05, 3.63) is 53.6 Å². The Kier molecular flexibility index (Phi) is 4.18. The molecule has 0 heterocycles. The first-order chi connectivity index (χ1) is 9.52. The Morgan fingerprint density at radius 1 is 1.15 bits per heavy atom. The molecule has 0 fully saturated rings. The Labute approximate surface area is 120 Å². The van der Waals surface area contributed by atoms with E-state index in [9.17, 15) is 5.11 Å². The van der Waals surface area contributed by atoms with E-state index in [0.717, 1.165) is 22.6 Å². The SMILES string of the molecule is COc1cccc(N(C)C(C)c2cc(C)ccc2O)c1. The van der Waals surface area contributed by atoms with Crippen LogP contribution in [0.3, 0.4) is 0 Å². The lowest BCUT2D eigenvalue weighted by Crippen LogP contribution is -2.21. The van der Waals surface area contributed by atoms with Gasteiger partial charge in [-0.2, -0.15) is 0 Å². The molecule has 0 aliphatic rings. The van der Waals surface area contributed by atoms with Gasteiger partial charge in [-0.25, -0.2) is 0 Å². The number of nitrogens with zero attached hydrogens (tertiary/aromatic N) is 1. The summed E-state index contributed by atoms with van der Waals surface area (Å²) in [5.41, 5.74) is 3.12. The van der Waals surface area contributed by atoms with E-state index in [-0.39, 0.29) is 6.04 Å². The van der Waals surface area contributed by atoms with Gasteiger partial charge in [0.2, 0.25) is 0 Å². The highest BCUT2D eigenvalue weighted by Gasteiger charge is 2.16. The molecule has 3 nitrogen and oxygen atoms in total. The van der Waals surface area contributed by atoms with Crippen LogP contribution in [0.25, 0.3) is 0 Å². The summed E-state index contributed by atoms with van der Waals surface area (Å²) in [5.74, 6) is 1.16. The predicted molar refractivity (Wildman–Crippen MR) is 82.7 cm³/mol. The molecule has 0 aliphatic heterocycles. The third kappa shape index (κ3) is 2.87. The number of phenols is 1. The van der Waals surface area contributed by atoms with Gasteiger partial charge < -0.3 is 14.7 Å². The van der Waals surface area contributed by atoms with Crippen molar-refractivity contribution in [3.63, 3.8) is 0 Å². The monoisotopic (exact) mass is 271 g/mol. The van der Waals surface area contributed by atoms with E-state index in [2.05, 4.69) is 11.8 Å². The van der Waals surface area contributed by atoms with Crippen LogP contribution in [0, 0.1) is 6.92 Å². The van der Waals surface area contributed by atoms with Crippen molar-refractivity contribution in [1.29, 1.82) is 0 Å². The zero-order chi connectivity index (χ0) is 14.7. The maximum absolute atomic E-state index is 10.1. The van der Waals surface area contributed by atoms with E-state index in [4.69, 9.17) is 4.74 Å². The lowest BCUT2D eigenvalue weighted by atomic mass is 10.0. The molecule has 106 valence electrons. The molecule has 1 atom stereocenters. The van der Waals surface area contributed by atoms with Crippen LogP contribution >= 0.6 is 0 Å². The van der Waals surface area contributed by atoms with Gasteiger partial charge in [0.05, 0.1) is 13.2 Å². The van der Waals surface area contributed by atoms with Crippen LogP contribution in [0.1, 0.15) is 24.1 Å². The van der Waals surface area contributed by atoms with Gasteiger partial charge in [-0.3, -0.25) is 0 Å². The summed E-state index contributed by atoms with van der Waals surface area (Å²) in [6, 6.07) is 13.7. The molecule has 20 heavy (non-hydrogen) atoms. The summed E-state index contributed by atoms with van der Waals surface area (Å²) in [5, 5.41) is 10.1. The number of aromatic hydroxyl groups is 1. The zero-order valence-electron chi connectivity index (χ0n) is 12.4. The summed E-state index contributed by atoms with van der Waals surface area (Å²) in [6.07, 6.45) is 0. The Morgan fingerprint density at radius 2 is 1.90 bits per heavy atom. The molecule has 0 amide bonds. The number of benzene rings is 2. The number of methoxy groups -OCH3 is 1. The lowest BCUT2D eigenvalue weighted by Gasteiger charge is -2.28. The van der Waals surface area contributed by atoms with E-state index < -0.39 is 0 Å². The smallest absolute Gasteiger partial charge is 0.120 e. The van der Waals surface area contributed by atoms with E-state index in [1.165, 1.54) is 0 Å². The highest BCUT2D eigenvalue weighted by atomic mass is 16.5. The van der Waals surface area contributed by atoms with Crippen molar-refractivity contribution >= 4 is 5.69 Å². The first kappa shape index (κ1) is 14.3. The molecule has 2 aromatic rings. The van der Waals surface area contributed by atoms with Crippen molar-refractivity contribution in [1.82, 2.24) is 0 Å². The molecule has 1 unspecified atom stereocenters. The van der Waals surface area contributed by atoms with Gasteiger partial charge in [-0.15, -0.1) is 0 Å². The first-order valence-corrected chi connectivity index (χ1v) is 6.69. The predicted octanol–water partition coefficient (Wildman–Crippen LogP) is 3.91. The quantitative estimate of drug-likeness (QED) is 0.915. The van der Waals surface area contributed by atoms with Crippen LogP contribution in [0.2, 0.25) is 0 Å². The minimum atomic E-state index is 0.0713. The second-order valence-electron chi connectivity index (χ2n) is 5.05.